The van der Waals surface area contributed by atoms with E-state index in [0.717, 1.165) is 11.1 Å². The number of hydrogen-bond donors (Lipinski definition) is 3. The smallest absolute Gasteiger partial charge is 0.253 e. The molecule has 3 rings (SSSR count). The first-order valence-electron chi connectivity index (χ1n) is 7.64. The molecule has 4 N–H and O–H groups in total. The van der Waals surface area contributed by atoms with Crippen LogP contribution in [0.1, 0.15) is 24.1 Å². The molecule has 2 aromatic carbocycles. The molecule has 0 aliphatic rings. The molecule has 1 unspecified atom stereocenters. The molecule has 1 atom stereocenters. The molecule has 0 aliphatic heterocycles. The molecule has 0 aliphatic carbocycles. The van der Waals surface area contributed by atoms with E-state index in [1.807, 2.05) is 43.3 Å². The summed E-state index contributed by atoms with van der Waals surface area (Å²) in [6.45, 7) is 1.88. The average molecular weight is 340 g/mol. The van der Waals surface area contributed by atoms with Gasteiger partial charge < -0.3 is 10.3 Å². The SMILES string of the molecule is CC(c1ccc(-c2ccccc2)c(F)c1)c1cc(N=C(N)NO)on1. The third-order valence-corrected chi connectivity index (χ3v) is 3.88. The van der Waals surface area contributed by atoms with E-state index in [0.29, 0.717) is 11.3 Å². The lowest BCUT2D eigenvalue weighted by Crippen LogP contribution is -2.27. The van der Waals surface area contributed by atoms with Crippen LogP contribution in [0.25, 0.3) is 11.1 Å². The predicted octanol–water partition coefficient (Wildman–Crippen LogP) is 3.56. The van der Waals surface area contributed by atoms with Crippen LogP contribution in [0.3, 0.4) is 0 Å². The van der Waals surface area contributed by atoms with E-state index < -0.39 is 0 Å². The Morgan fingerprint density at radius 3 is 2.68 bits per heavy atom. The van der Waals surface area contributed by atoms with Crippen LogP contribution in [0.15, 0.2) is 64.1 Å². The molecule has 0 saturated heterocycles. The van der Waals surface area contributed by atoms with Gasteiger partial charge in [-0.05, 0) is 17.2 Å². The molecule has 0 radical (unpaired) electrons. The molecule has 1 aromatic heterocycles. The maximum Gasteiger partial charge on any atom is 0.253 e. The number of benzene rings is 2. The molecule has 6 nitrogen and oxygen atoms in total. The highest BCUT2D eigenvalue weighted by molar-refractivity contribution is 5.78. The minimum atomic E-state index is -0.300. The predicted molar refractivity (Wildman–Crippen MR) is 92.1 cm³/mol. The lowest BCUT2D eigenvalue weighted by atomic mass is 9.95. The summed E-state index contributed by atoms with van der Waals surface area (Å²) < 4.78 is 19.6. The summed E-state index contributed by atoms with van der Waals surface area (Å²) in [4.78, 5) is 3.78. The van der Waals surface area contributed by atoms with E-state index in [4.69, 9.17) is 15.5 Å². The third kappa shape index (κ3) is 3.67. The van der Waals surface area contributed by atoms with Crippen LogP contribution in [0.4, 0.5) is 10.3 Å². The number of hydroxylamine groups is 1. The number of hydrogen-bond acceptors (Lipinski definition) is 4. The minimum absolute atomic E-state index is 0.141. The van der Waals surface area contributed by atoms with Gasteiger partial charge in [-0.15, -0.1) is 0 Å². The number of nitrogens with two attached hydrogens (primary N) is 1. The second-order valence-corrected chi connectivity index (χ2v) is 5.53. The van der Waals surface area contributed by atoms with Gasteiger partial charge in [-0.1, -0.05) is 54.5 Å². The van der Waals surface area contributed by atoms with Crippen LogP contribution in [-0.4, -0.2) is 16.3 Å². The largest absolute Gasteiger partial charge is 0.368 e. The first-order valence-corrected chi connectivity index (χ1v) is 7.64. The monoisotopic (exact) mass is 340 g/mol. The molecule has 0 bridgehead atoms. The molecule has 1 heterocycles. The van der Waals surface area contributed by atoms with Crippen LogP contribution >= 0.6 is 0 Å². The summed E-state index contributed by atoms with van der Waals surface area (Å²) in [7, 11) is 0. The summed E-state index contributed by atoms with van der Waals surface area (Å²) >= 11 is 0. The maximum atomic E-state index is 14.5. The minimum Gasteiger partial charge on any atom is -0.368 e. The van der Waals surface area contributed by atoms with Gasteiger partial charge in [-0.3, -0.25) is 5.21 Å². The molecule has 0 saturated carbocycles. The Morgan fingerprint density at radius 2 is 2.00 bits per heavy atom. The zero-order valence-corrected chi connectivity index (χ0v) is 13.5. The van der Waals surface area contributed by atoms with Gasteiger partial charge in [-0.2, -0.15) is 4.99 Å². The zero-order valence-electron chi connectivity index (χ0n) is 13.5. The average Bonchev–Trinajstić information content (AvgIpc) is 3.10. The van der Waals surface area contributed by atoms with Crippen LogP contribution in [0.2, 0.25) is 0 Å². The maximum absolute atomic E-state index is 14.5. The van der Waals surface area contributed by atoms with Crippen molar-refractivity contribution in [3.63, 3.8) is 0 Å². The van der Waals surface area contributed by atoms with E-state index in [2.05, 4.69) is 10.1 Å². The van der Waals surface area contributed by atoms with E-state index in [9.17, 15) is 4.39 Å². The molecular formula is C18H17FN4O2. The fraction of sp³-hybridized carbons (Fsp3) is 0.111. The fourth-order valence-corrected chi connectivity index (χ4v) is 2.50. The normalized spacial score (nSPS) is 12.8. The highest BCUT2D eigenvalue weighted by Gasteiger charge is 2.16. The van der Waals surface area contributed by atoms with E-state index in [1.165, 1.54) is 6.07 Å². The van der Waals surface area contributed by atoms with Gasteiger partial charge in [0.05, 0.1) is 5.69 Å². The lowest BCUT2D eigenvalue weighted by Gasteiger charge is -2.11. The highest BCUT2D eigenvalue weighted by Crippen LogP contribution is 2.30. The number of nitrogens with zero attached hydrogens (tertiary/aromatic N) is 2. The Kier molecular flexibility index (Phi) is 4.76. The van der Waals surface area contributed by atoms with Gasteiger partial charge in [0.25, 0.3) is 5.88 Å². The van der Waals surface area contributed by atoms with Crippen molar-refractivity contribution < 1.29 is 14.1 Å². The Balaban J connectivity index is 1.86. The first kappa shape index (κ1) is 16.7. The number of aliphatic imine (C=N–C) groups is 1. The van der Waals surface area contributed by atoms with Crippen molar-refractivity contribution in [3.8, 4) is 11.1 Å². The van der Waals surface area contributed by atoms with Crippen molar-refractivity contribution >= 4 is 11.8 Å². The molecule has 0 amide bonds. The van der Waals surface area contributed by atoms with Crippen molar-refractivity contribution in [1.82, 2.24) is 10.6 Å². The van der Waals surface area contributed by atoms with Crippen LogP contribution in [-0.2, 0) is 0 Å². The third-order valence-electron chi connectivity index (χ3n) is 3.88. The van der Waals surface area contributed by atoms with Crippen molar-refractivity contribution in [2.24, 2.45) is 10.7 Å². The van der Waals surface area contributed by atoms with Gasteiger partial charge in [-0.25, -0.2) is 9.87 Å². The molecule has 0 spiro atoms. The van der Waals surface area contributed by atoms with Crippen molar-refractivity contribution in [2.45, 2.75) is 12.8 Å². The number of guanidine groups is 1. The second-order valence-electron chi connectivity index (χ2n) is 5.53. The molecule has 0 fully saturated rings. The number of rotatable bonds is 4. The summed E-state index contributed by atoms with van der Waals surface area (Å²) in [6.07, 6.45) is 0. The summed E-state index contributed by atoms with van der Waals surface area (Å²) in [5, 5.41) is 12.6. The van der Waals surface area contributed by atoms with Gasteiger partial charge >= 0.3 is 0 Å². The molecule has 3 aromatic rings. The van der Waals surface area contributed by atoms with Gasteiger partial charge in [0.2, 0.25) is 5.96 Å². The fourth-order valence-electron chi connectivity index (χ4n) is 2.50. The summed E-state index contributed by atoms with van der Waals surface area (Å²) in [6, 6.07) is 16.0. The quantitative estimate of drug-likeness (QED) is 0.383. The van der Waals surface area contributed by atoms with Crippen LogP contribution in [0.5, 0.6) is 0 Å². The van der Waals surface area contributed by atoms with Crippen LogP contribution in [0, 0.1) is 5.82 Å². The van der Waals surface area contributed by atoms with Gasteiger partial charge in [0, 0.05) is 17.5 Å². The lowest BCUT2D eigenvalue weighted by molar-refractivity contribution is 0.232. The van der Waals surface area contributed by atoms with E-state index in [-0.39, 0.29) is 23.6 Å². The Morgan fingerprint density at radius 1 is 1.24 bits per heavy atom. The number of halogens is 1. The van der Waals surface area contributed by atoms with Crippen molar-refractivity contribution in [3.05, 3.63) is 71.7 Å². The van der Waals surface area contributed by atoms with Gasteiger partial charge in [0.15, 0.2) is 0 Å². The van der Waals surface area contributed by atoms with E-state index >= 15 is 0 Å². The molecular weight excluding hydrogens is 323 g/mol. The zero-order chi connectivity index (χ0) is 17.8. The summed E-state index contributed by atoms with van der Waals surface area (Å²) in [5.74, 6) is -0.572. The Bertz CT molecular complexity index is 893. The Hall–Kier alpha value is -3.19. The van der Waals surface area contributed by atoms with Crippen molar-refractivity contribution in [1.29, 1.82) is 0 Å². The van der Waals surface area contributed by atoms with Gasteiger partial charge in [0.1, 0.15) is 5.82 Å². The topological polar surface area (TPSA) is 96.7 Å². The number of nitrogens with one attached hydrogen (secondary N) is 1. The van der Waals surface area contributed by atoms with Crippen molar-refractivity contribution in [2.75, 3.05) is 0 Å². The Labute approximate surface area is 143 Å². The summed E-state index contributed by atoms with van der Waals surface area (Å²) in [5.41, 5.74) is 9.76. The van der Waals surface area contributed by atoms with Crippen LogP contribution < -0.4 is 11.2 Å². The molecule has 25 heavy (non-hydrogen) atoms. The molecule has 128 valence electrons. The molecule has 7 heteroatoms. The highest BCUT2D eigenvalue weighted by atomic mass is 19.1. The second kappa shape index (κ2) is 7.14. The standard InChI is InChI=1S/C18H17FN4O2/c1-11(16-10-17(25-23-16)21-18(20)22-24)13-7-8-14(15(19)9-13)12-5-3-2-4-6-12/h2-11,24H,1H3,(H3,20,21,22). The number of aromatic nitrogens is 1. The van der Waals surface area contributed by atoms with E-state index in [1.54, 1.807) is 17.6 Å². The first-order chi connectivity index (χ1) is 12.1.